The molecule has 24 heavy (non-hydrogen) atoms. The van der Waals surface area contributed by atoms with Gasteiger partial charge in [-0.3, -0.25) is 4.79 Å². The molecule has 0 radical (unpaired) electrons. The predicted molar refractivity (Wildman–Crippen MR) is 101 cm³/mol. The third-order valence-corrected chi connectivity index (χ3v) is 4.64. The van der Waals surface area contributed by atoms with E-state index in [1.165, 1.54) is 5.01 Å². The van der Waals surface area contributed by atoms with Crippen molar-refractivity contribution in [2.75, 3.05) is 5.01 Å². The van der Waals surface area contributed by atoms with Crippen molar-refractivity contribution in [1.82, 2.24) is 0 Å². The number of unbranched alkanes of at least 4 members (excludes halogenated alkanes) is 1. The number of hydrazone groups is 1. The lowest BCUT2D eigenvalue weighted by Crippen LogP contribution is -2.39. The van der Waals surface area contributed by atoms with Gasteiger partial charge in [0.1, 0.15) is 0 Å². The number of nitrogens with zero attached hydrogens (tertiary/aromatic N) is 2. The Morgan fingerprint density at radius 3 is 2.67 bits per heavy atom. The van der Waals surface area contributed by atoms with Crippen LogP contribution in [0, 0.1) is 5.41 Å². The monoisotopic (exact) mass is 322 g/mol. The normalized spacial score (nSPS) is 19.8. The summed E-state index contributed by atoms with van der Waals surface area (Å²) >= 11 is 0. The summed E-state index contributed by atoms with van der Waals surface area (Å²) in [6.07, 6.45) is 6.10. The van der Waals surface area contributed by atoms with E-state index in [0.29, 0.717) is 12.8 Å². The smallest absolute Gasteiger partial charge is 0.260 e. The van der Waals surface area contributed by atoms with Crippen LogP contribution in [0.1, 0.15) is 46.0 Å². The van der Waals surface area contributed by atoms with E-state index in [2.05, 4.69) is 30.9 Å². The topological polar surface area (TPSA) is 32.7 Å². The molecule has 1 aliphatic rings. The Bertz CT molecular complexity index is 683. The van der Waals surface area contributed by atoms with Crippen LogP contribution in [0.3, 0.4) is 0 Å². The molecule has 1 heterocycles. The molecule has 0 N–H and O–H groups in total. The quantitative estimate of drug-likeness (QED) is 0.474. The average Bonchev–Trinajstić information content (AvgIpc) is 2.84. The molecule has 3 heteroatoms. The van der Waals surface area contributed by atoms with Gasteiger partial charge in [0.2, 0.25) is 0 Å². The van der Waals surface area contributed by atoms with Gasteiger partial charge < -0.3 is 0 Å². The molecule has 1 amide bonds. The maximum absolute atomic E-state index is 13.3. The van der Waals surface area contributed by atoms with Crippen molar-refractivity contribution in [2.24, 2.45) is 10.5 Å². The lowest BCUT2D eigenvalue weighted by atomic mass is 9.74. The SMILES string of the molecule is C=C=C(CCCC)CC1(CC=C)C(=O)N(c2ccccc2)N=C1C. The van der Waals surface area contributed by atoms with E-state index in [0.717, 1.165) is 36.2 Å². The Labute approximate surface area is 145 Å². The molecule has 1 unspecified atom stereocenters. The van der Waals surface area contributed by atoms with Crippen LogP contribution in [-0.2, 0) is 4.79 Å². The maximum atomic E-state index is 13.3. The van der Waals surface area contributed by atoms with E-state index < -0.39 is 5.41 Å². The fourth-order valence-electron chi connectivity index (χ4n) is 3.14. The molecular weight excluding hydrogens is 296 g/mol. The van der Waals surface area contributed by atoms with Gasteiger partial charge in [0, 0.05) is 0 Å². The van der Waals surface area contributed by atoms with Crippen LogP contribution in [0.15, 0.2) is 66.0 Å². The lowest BCUT2D eigenvalue weighted by Gasteiger charge is -2.28. The molecule has 0 spiro atoms. The average molecular weight is 322 g/mol. The molecule has 1 aromatic carbocycles. The number of hydrogen-bond acceptors (Lipinski definition) is 2. The standard InChI is InChI=1S/C21H26N2O/c1-5-8-12-18(7-3)16-21(15-6-2)17(4)22-23(20(21)24)19-13-10-9-11-14-19/h6,9-11,13-14H,2-3,5,8,12,15-16H2,1,4H3. The summed E-state index contributed by atoms with van der Waals surface area (Å²) < 4.78 is 0. The zero-order chi connectivity index (χ0) is 17.6. The fourth-order valence-corrected chi connectivity index (χ4v) is 3.14. The fraction of sp³-hybridized carbons (Fsp3) is 0.381. The zero-order valence-corrected chi connectivity index (χ0v) is 14.7. The van der Waals surface area contributed by atoms with Crippen LogP contribution >= 0.6 is 0 Å². The van der Waals surface area contributed by atoms with E-state index in [1.807, 2.05) is 43.3 Å². The van der Waals surface area contributed by atoms with Gasteiger partial charge in [0.05, 0.1) is 16.8 Å². The molecule has 0 bridgehead atoms. The number of rotatable bonds is 8. The van der Waals surface area contributed by atoms with Crippen LogP contribution in [0.5, 0.6) is 0 Å². The number of allylic oxidation sites excluding steroid dienone is 2. The number of anilines is 1. The highest BCUT2D eigenvalue weighted by Crippen LogP contribution is 2.41. The lowest BCUT2D eigenvalue weighted by molar-refractivity contribution is -0.123. The summed E-state index contributed by atoms with van der Waals surface area (Å²) in [5.41, 5.74) is 5.11. The first-order valence-corrected chi connectivity index (χ1v) is 8.53. The van der Waals surface area contributed by atoms with Crippen LogP contribution in [-0.4, -0.2) is 11.6 Å². The van der Waals surface area contributed by atoms with Gasteiger partial charge in [-0.25, -0.2) is 0 Å². The van der Waals surface area contributed by atoms with E-state index in [1.54, 1.807) is 0 Å². The second kappa shape index (κ2) is 7.94. The molecule has 126 valence electrons. The second-order valence-electron chi connectivity index (χ2n) is 6.27. The van der Waals surface area contributed by atoms with Crippen molar-refractivity contribution >= 4 is 17.3 Å². The first-order chi connectivity index (χ1) is 11.6. The molecule has 0 aromatic heterocycles. The van der Waals surface area contributed by atoms with Gasteiger partial charge in [-0.05, 0) is 50.3 Å². The van der Waals surface area contributed by atoms with Crippen molar-refractivity contribution in [3.05, 3.63) is 60.9 Å². The van der Waals surface area contributed by atoms with E-state index in [4.69, 9.17) is 0 Å². The zero-order valence-electron chi connectivity index (χ0n) is 14.7. The van der Waals surface area contributed by atoms with Crippen molar-refractivity contribution in [3.8, 4) is 0 Å². The Morgan fingerprint density at radius 2 is 2.08 bits per heavy atom. The Balaban J connectivity index is 2.35. The number of carbonyl (C=O) groups is 1. The Morgan fingerprint density at radius 1 is 1.38 bits per heavy atom. The highest BCUT2D eigenvalue weighted by molar-refractivity contribution is 6.18. The minimum Gasteiger partial charge on any atom is -0.271 e. The summed E-state index contributed by atoms with van der Waals surface area (Å²) in [5.74, 6) is 0.00958. The highest BCUT2D eigenvalue weighted by atomic mass is 16.2. The molecule has 1 aromatic rings. The number of benzene rings is 1. The maximum Gasteiger partial charge on any atom is 0.260 e. The largest absolute Gasteiger partial charge is 0.271 e. The van der Waals surface area contributed by atoms with Gasteiger partial charge in [0.15, 0.2) is 0 Å². The summed E-state index contributed by atoms with van der Waals surface area (Å²) in [6.45, 7) is 11.8. The number of hydrogen-bond donors (Lipinski definition) is 0. The van der Waals surface area contributed by atoms with Crippen LogP contribution in [0.25, 0.3) is 0 Å². The molecule has 0 fully saturated rings. The van der Waals surface area contributed by atoms with E-state index >= 15 is 0 Å². The minimum atomic E-state index is -0.661. The predicted octanol–water partition coefficient (Wildman–Crippen LogP) is 5.26. The molecule has 0 aliphatic carbocycles. The highest BCUT2D eigenvalue weighted by Gasteiger charge is 2.48. The number of para-hydroxylation sites is 1. The summed E-state index contributed by atoms with van der Waals surface area (Å²) in [6, 6.07) is 9.56. The van der Waals surface area contributed by atoms with Crippen molar-refractivity contribution in [2.45, 2.75) is 46.0 Å². The van der Waals surface area contributed by atoms with Gasteiger partial charge in [-0.15, -0.1) is 12.3 Å². The number of carbonyl (C=O) groups excluding carboxylic acids is 1. The van der Waals surface area contributed by atoms with Gasteiger partial charge in [-0.1, -0.05) is 44.2 Å². The van der Waals surface area contributed by atoms with Crippen molar-refractivity contribution < 1.29 is 4.79 Å². The van der Waals surface area contributed by atoms with Crippen LogP contribution in [0.2, 0.25) is 0 Å². The molecular formula is C21H26N2O. The molecule has 0 saturated carbocycles. The van der Waals surface area contributed by atoms with Crippen LogP contribution < -0.4 is 5.01 Å². The second-order valence-corrected chi connectivity index (χ2v) is 6.27. The first-order valence-electron chi connectivity index (χ1n) is 8.53. The van der Waals surface area contributed by atoms with Crippen LogP contribution in [0.4, 0.5) is 5.69 Å². The van der Waals surface area contributed by atoms with Crippen molar-refractivity contribution in [1.29, 1.82) is 0 Å². The molecule has 1 aliphatic heterocycles. The third kappa shape index (κ3) is 3.42. The third-order valence-electron chi connectivity index (χ3n) is 4.64. The minimum absolute atomic E-state index is 0.00958. The number of amides is 1. The molecule has 3 nitrogen and oxygen atoms in total. The van der Waals surface area contributed by atoms with Crippen molar-refractivity contribution in [3.63, 3.8) is 0 Å². The van der Waals surface area contributed by atoms with Gasteiger partial charge in [-0.2, -0.15) is 10.1 Å². The molecule has 2 rings (SSSR count). The molecule has 1 atom stereocenters. The molecule has 0 saturated heterocycles. The van der Waals surface area contributed by atoms with E-state index in [-0.39, 0.29) is 5.91 Å². The summed E-state index contributed by atoms with van der Waals surface area (Å²) in [5, 5.41) is 6.10. The Hall–Kier alpha value is -2.38. The first kappa shape index (κ1) is 18.0. The Kier molecular flexibility index (Phi) is 5.94. The summed E-state index contributed by atoms with van der Waals surface area (Å²) in [7, 11) is 0. The summed E-state index contributed by atoms with van der Waals surface area (Å²) in [4.78, 5) is 13.3. The van der Waals surface area contributed by atoms with Gasteiger partial charge >= 0.3 is 0 Å². The van der Waals surface area contributed by atoms with Gasteiger partial charge in [0.25, 0.3) is 5.91 Å². The van der Waals surface area contributed by atoms with E-state index in [9.17, 15) is 4.79 Å².